The summed E-state index contributed by atoms with van der Waals surface area (Å²) in [5.41, 5.74) is 0.973. The molecule has 2 rings (SSSR count). The molecule has 0 amide bonds. The molecule has 0 saturated heterocycles. The van der Waals surface area contributed by atoms with Crippen molar-refractivity contribution < 1.29 is 14.3 Å². The lowest BCUT2D eigenvalue weighted by Gasteiger charge is -2.23. The van der Waals surface area contributed by atoms with Gasteiger partial charge in [-0.1, -0.05) is 12.1 Å². The van der Waals surface area contributed by atoms with Gasteiger partial charge < -0.3 is 10.0 Å². The molecule has 1 N–H and O–H groups in total. The van der Waals surface area contributed by atoms with Crippen LogP contribution in [0, 0.1) is 5.82 Å². The molecule has 1 unspecified atom stereocenters. The van der Waals surface area contributed by atoms with Crippen molar-refractivity contribution in [3.63, 3.8) is 0 Å². The number of benzene rings is 1. The molecular formula is C17H20BrFN2O2. The van der Waals surface area contributed by atoms with Crippen LogP contribution in [0.2, 0.25) is 0 Å². The highest BCUT2D eigenvalue weighted by Gasteiger charge is 2.29. The van der Waals surface area contributed by atoms with Crippen LogP contribution < -0.4 is 0 Å². The third-order valence-electron chi connectivity index (χ3n) is 3.80. The highest BCUT2D eigenvalue weighted by molar-refractivity contribution is 9.10. The summed E-state index contributed by atoms with van der Waals surface area (Å²) in [7, 11) is 3.89. The molecule has 1 aromatic rings. The Balaban J connectivity index is 2.15. The van der Waals surface area contributed by atoms with E-state index < -0.39 is 0 Å². The van der Waals surface area contributed by atoms with Gasteiger partial charge in [0.1, 0.15) is 11.6 Å². The van der Waals surface area contributed by atoms with Crippen LogP contribution in [-0.4, -0.2) is 49.2 Å². The number of aliphatic imine (C=N–C) groups is 1. The number of carbonyl (C=O) groups excluding carboxylic acids is 1. The first-order chi connectivity index (χ1) is 10.9. The van der Waals surface area contributed by atoms with Crippen LogP contribution in [0.1, 0.15) is 24.3 Å². The molecule has 0 fully saturated rings. The third kappa shape index (κ3) is 4.48. The number of Topliss-reactive ketones (excluding diaryl/α,β-unsaturated/α-hetero) is 1. The van der Waals surface area contributed by atoms with Crippen LogP contribution >= 0.6 is 15.9 Å². The van der Waals surface area contributed by atoms with Crippen molar-refractivity contribution in [3.05, 3.63) is 45.4 Å². The quantitative estimate of drug-likeness (QED) is 0.793. The zero-order valence-corrected chi connectivity index (χ0v) is 14.8. The number of aliphatic hydroxyl groups excluding tert-OH is 1. The molecule has 0 aliphatic heterocycles. The van der Waals surface area contributed by atoms with Crippen LogP contribution in [0.3, 0.4) is 0 Å². The minimum absolute atomic E-state index is 0.0241. The molecule has 0 radical (unpaired) electrons. The van der Waals surface area contributed by atoms with Crippen LogP contribution in [-0.2, 0) is 4.79 Å². The predicted molar refractivity (Wildman–Crippen MR) is 92.6 cm³/mol. The summed E-state index contributed by atoms with van der Waals surface area (Å²) in [5.74, 6) is -0.736. The van der Waals surface area contributed by atoms with Gasteiger partial charge in [-0.3, -0.25) is 9.79 Å². The maximum atomic E-state index is 13.6. The number of allylic oxidation sites excluding steroid dienone is 2. The van der Waals surface area contributed by atoms with E-state index >= 15 is 0 Å². The fourth-order valence-electron chi connectivity index (χ4n) is 2.53. The van der Waals surface area contributed by atoms with Crippen molar-refractivity contribution in [1.29, 1.82) is 0 Å². The lowest BCUT2D eigenvalue weighted by atomic mass is 9.83. The van der Waals surface area contributed by atoms with Crippen LogP contribution in [0.4, 0.5) is 4.39 Å². The van der Waals surface area contributed by atoms with E-state index in [0.717, 1.165) is 6.54 Å². The van der Waals surface area contributed by atoms with Gasteiger partial charge in [0, 0.05) is 25.6 Å². The third-order valence-corrected chi connectivity index (χ3v) is 4.64. The molecule has 23 heavy (non-hydrogen) atoms. The van der Waals surface area contributed by atoms with Gasteiger partial charge in [-0.25, -0.2) is 4.39 Å². The van der Waals surface area contributed by atoms with Crippen molar-refractivity contribution in [2.45, 2.75) is 18.8 Å². The number of ketones is 1. The molecule has 0 aromatic heterocycles. The number of aliphatic hydroxyl groups is 1. The monoisotopic (exact) mass is 382 g/mol. The predicted octanol–water partition coefficient (Wildman–Crippen LogP) is 3.48. The Bertz CT molecular complexity index is 656. The first kappa shape index (κ1) is 17.8. The Morgan fingerprint density at radius 3 is 2.83 bits per heavy atom. The Hall–Kier alpha value is -1.53. The minimum Gasteiger partial charge on any atom is -0.511 e. The van der Waals surface area contributed by atoms with E-state index in [4.69, 9.17) is 0 Å². The molecule has 0 spiro atoms. The van der Waals surface area contributed by atoms with Gasteiger partial charge in [-0.05, 0) is 47.6 Å². The summed E-state index contributed by atoms with van der Waals surface area (Å²) in [5, 5.41) is 10.2. The maximum Gasteiger partial charge on any atom is 0.168 e. The second kappa shape index (κ2) is 7.84. The number of rotatable bonds is 5. The number of hydrogen-bond donors (Lipinski definition) is 1. The summed E-state index contributed by atoms with van der Waals surface area (Å²) < 4.78 is 14.0. The van der Waals surface area contributed by atoms with E-state index in [1.54, 1.807) is 12.1 Å². The number of likely N-dealkylation sites (N-methyl/N-ethyl adjacent to an activating group) is 1. The maximum absolute atomic E-state index is 13.6. The van der Waals surface area contributed by atoms with Crippen molar-refractivity contribution in [2.24, 2.45) is 4.99 Å². The topological polar surface area (TPSA) is 52.9 Å². The van der Waals surface area contributed by atoms with Crippen molar-refractivity contribution >= 4 is 27.9 Å². The van der Waals surface area contributed by atoms with Gasteiger partial charge in [0.15, 0.2) is 5.78 Å². The van der Waals surface area contributed by atoms with Gasteiger partial charge in [-0.2, -0.15) is 0 Å². The first-order valence-electron chi connectivity index (χ1n) is 7.44. The summed E-state index contributed by atoms with van der Waals surface area (Å²) in [6.07, 6.45) is 2.00. The Morgan fingerprint density at radius 2 is 2.17 bits per heavy atom. The Morgan fingerprint density at radius 1 is 1.43 bits per heavy atom. The van der Waals surface area contributed by atoms with Crippen LogP contribution in [0.5, 0.6) is 0 Å². The van der Waals surface area contributed by atoms with E-state index in [-0.39, 0.29) is 35.3 Å². The van der Waals surface area contributed by atoms with E-state index in [2.05, 4.69) is 20.9 Å². The molecule has 124 valence electrons. The molecule has 1 aromatic carbocycles. The first-order valence-corrected chi connectivity index (χ1v) is 8.23. The van der Waals surface area contributed by atoms with E-state index in [1.807, 2.05) is 19.0 Å². The zero-order chi connectivity index (χ0) is 17.0. The van der Waals surface area contributed by atoms with Gasteiger partial charge in [-0.15, -0.1) is 0 Å². The number of halogens is 2. The molecule has 0 bridgehead atoms. The second-order valence-electron chi connectivity index (χ2n) is 5.87. The average Bonchev–Trinajstić information content (AvgIpc) is 2.48. The van der Waals surface area contributed by atoms with Crippen LogP contribution in [0.15, 0.2) is 39.0 Å². The largest absolute Gasteiger partial charge is 0.511 e. The summed E-state index contributed by atoms with van der Waals surface area (Å²) >= 11 is 3.22. The van der Waals surface area contributed by atoms with Crippen molar-refractivity contribution in [1.82, 2.24) is 4.90 Å². The Kier molecular flexibility index (Phi) is 6.07. The normalized spacial score (nSPS) is 19.2. The Labute approximate surface area is 143 Å². The molecule has 0 saturated carbocycles. The van der Waals surface area contributed by atoms with Crippen LogP contribution in [0.25, 0.3) is 0 Å². The molecule has 1 aliphatic rings. The average molecular weight is 383 g/mol. The summed E-state index contributed by atoms with van der Waals surface area (Å²) in [6.45, 7) is 1.34. The van der Waals surface area contributed by atoms with E-state index in [1.165, 1.54) is 12.3 Å². The lowest BCUT2D eigenvalue weighted by molar-refractivity contribution is -0.116. The SMILES string of the molecule is CN(C)CCN=CC1=C(O)CC(c2cccc(F)c2Br)CC1=O. The van der Waals surface area contributed by atoms with E-state index in [0.29, 0.717) is 23.0 Å². The molecular weight excluding hydrogens is 363 g/mol. The van der Waals surface area contributed by atoms with Crippen molar-refractivity contribution in [2.75, 3.05) is 27.2 Å². The molecule has 4 nitrogen and oxygen atoms in total. The molecule has 1 aliphatic carbocycles. The number of hydrogen-bond acceptors (Lipinski definition) is 4. The highest BCUT2D eigenvalue weighted by Crippen LogP contribution is 2.37. The number of carbonyl (C=O) groups is 1. The smallest absolute Gasteiger partial charge is 0.168 e. The summed E-state index contributed by atoms with van der Waals surface area (Å²) in [6, 6.07) is 4.74. The summed E-state index contributed by atoms with van der Waals surface area (Å²) in [4.78, 5) is 18.5. The molecule has 1 atom stereocenters. The highest BCUT2D eigenvalue weighted by atomic mass is 79.9. The van der Waals surface area contributed by atoms with E-state index in [9.17, 15) is 14.3 Å². The molecule has 0 heterocycles. The van der Waals surface area contributed by atoms with Gasteiger partial charge in [0.2, 0.25) is 0 Å². The van der Waals surface area contributed by atoms with Gasteiger partial charge >= 0.3 is 0 Å². The lowest BCUT2D eigenvalue weighted by Crippen LogP contribution is -2.20. The number of nitrogens with zero attached hydrogens (tertiary/aromatic N) is 2. The van der Waals surface area contributed by atoms with Crippen molar-refractivity contribution in [3.8, 4) is 0 Å². The van der Waals surface area contributed by atoms with Gasteiger partial charge in [0.05, 0.1) is 16.6 Å². The van der Waals surface area contributed by atoms with Gasteiger partial charge in [0.25, 0.3) is 0 Å². The zero-order valence-electron chi connectivity index (χ0n) is 13.2. The molecule has 6 heteroatoms. The fourth-order valence-corrected chi connectivity index (χ4v) is 3.11. The fraction of sp³-hybridized carbons (Fsp3) is 0.412. The standard InChI is InChI=1S/C17H20BrFN2O2/c1-21(2)7-6-20-10-13-15(22)8-11(9-16(13)23)12-4-3-5-14(19)17(12)18/h3-5,10-11,22H,6-9H2,1-2H3. The second-order valence-corrected chi connectivity index (χ2v) is 6.66. The minimum atomic E-state index is -0.366.